The molecule has 2 aliphatic heterocycles. The number of likely N-dealkylation sites (tertiary alicyclic amines) is 1. The first-order valence-corrected chi connectivity index (χ1v) is 9.53. The van der Waals surface area contributed by atoms with Gasteiger partial charge in [-0.1, -0.05) is 0 Å². The van der Waals surface area contributed by atoms with Gasteiger partial charge in [0.2, 0.25) is 0 Å². The first-order valence-electron chi connectivity index (χ1n) is 9.53. The zero-order chi connectivity index (χ0) is 19.1. The molecule has 3 aromatic rings. The quantitative estimate of drug-likeness (QED) is 0.700. The molecule has 0 saturated carbocycles. The van der Waals surface area contributed by atoms with Gasteiger partial charge in [0.25, 0.3) is 5.91 Å². The molecule has 2 saturated heterocycles. The zero-order valence-electron chi connectivity index (χ0n) is 15.4. The highest BCUT2D eigenvalue weighted by molar-refractivity contribution is 5.95. The predicted octanol–water partition coefficient (Wildman–Crippen LogP) is 2.30. The molecule has 5 rings (SSSR count). The van der Waals surface area contributed by atoms with Crippen LogP contribution in [0, 0.1) is 5.82 Å². The van der Waals surface area contributed by atoms with E-state index < -0.39 is 0 Å². The maximum Gasteiger partial charge on any atom is 0.255 e. The lowest BCUT2D eigenvalue weighted by Gasteiger charge is -2.46. The largest absolute Gasteiger partial charge is 0.379 e. The molecule has 0 unspecified atom stereocenters. The van der Waals surface area contributed by atoms with Crippen molar-refractivity contribution in [2.24, 2.45) is 0 Å². The van der Waals surface area contributed by atoms with Crippen molar-refractivity contribution in [1.29, 1.82) is 0 Å². The molecule has 1 aromatic carbocycles. The lowest BCUT2D eigenvalue weighted by Crippen LogP contribution is -2.62. The molecular formula is C21H21FN4O2. The molecule has 144 valence electrons. The smallest absolute Gasteiger partial charge is 0.255 e. The van der Waals surface area contributed by atoms with Gasteiger partial charge in [0.1, 0.15) is 11.5 Å². The summed E-state index contributed by atoms with van der Waals surface area (Å²) in [6.45, 7) is 4.97. The molecule has 0 spiro atoms. The van der Waals surface area contributed by atoms with Gasteiger partial charge in [-0.2, -0.15) is 0 Å². The average Bonchev–Trinajstić information content (AvgIpc) is 3.11. The van der Waals surface area contributed by atoms with Gasteiger partial charge in [-0.15, -0.1) is 0 Å². The monoisotopic (exact) mass is 380 g/mol. The summed E-state index contributed by atoms with van der Waals surface area (Å²) in [7, 11) is 0. The lowest BCUT2D eigenvalue weighted by molar-refractivity contribution is -0.0256. The van der Waals surface area contributed by atoms with Gasteiger partial charge in [-0.3, -0.25) is 9.69 Å². The Kier molecular flexibility index (Phi) is 4.33. The van der Waals surface area contributed by atoms with Crippen LogP contribution in [-0.2, 0) is 4.74 Å². The van der Waals surface area contributed by atoms with Gasteiger partial charge in [0.05, 0.1) is 24.5 Å². The third-order valence-electron chi connectivity index (χ3n) is 5.55. The number of hydrogen-bond acceptors (Lipinski definition) is 4. The predicted molar refractivity (Wildman–Crippen MR) is 103 cm³/mol. The molecule has 2 aliphatic rings. The van der Waals surface area contributed by atoms with Crippen LogP contribution >= 0.6 is 0 Å². The van der Waals surface area contributed by atoms with E-state index in [4.69, 9.17) is 4.74 Å². The molecule has 1 amide bonds. The molecule has 0 bridgehead atoms. The van der Waals surface area contributed by atoms with Gasteiger partial charge in [0, 0.05) is 50.2 Å². The van der Waals surface area contributed by atoms with Gasteiger partial charge in [-0.05, 0) is 36.4 Å². The molecule has 2 fully saturated rings. The van der Waals surface area contributed by atoms with E-state index in [0.29, 0.717) is 11.6 Å². The Morgan fingerprint density at radius 3 is 2.54 bits per heavy atom. The molecule has 4 heterocycles. The first-order chi connectivity index (χ1) is 13.7. The fraction of sp³-hybridized carbons (Fsp3) is 0.333. The highest BCUT2D eigenvalue weighted by Crippen LogP contribution is 2.22. The molecule has 0 atom stereocenters. The molecule has 0 aliphatic carbocycles. The molecule has 28 heavy (non-hydrogen) atoms. The minimum atomic E-state index is -0.273. The highest BCUT2D eigenvalue weighted by Gasteiger charge is 2.35. The summed E-state index contributed by atoms with van der Waals surface area (Å²) in [5.74, 6) is -0.228. The summed E-state index contributed by atoms with van der Waals surface area (Å²) in [4.78, 5) is 21.7. The van der Waals surface area contributed by atoms with Crippen molar-refractivity contribution in [2.45, 2.75) is 6.04 Å². The van der Waals surface area contributed by atoms with E-state index in [1.807, 2.05) is 33.8 Å². The van der Waals surface area contributed by atoms with E-state index in [2.05, 4.69) is 9.88 Å². The molecular weight excluding hydrogens is 359 g/mol. The average molecular weight is 380 g/mol. The van der Waals surface area contributed by atoms with Gasteiger partial charge < -0.3 is 14.0 Å². The maximum atomic E-state index is 13.1. The third-order valence-corrected chi connectivity index (χ3v) is 5.55. The standard InChI is InChI=1S/C21H21FN4O2/c22-17-4-1-15(2-5-17)19-14-25-11-16(3-6-20(25)23-19)21(27)26-12-18(13-26)24-7-9-28-10-8-24/h1-6,11,14,18H,7-10,12-13H2. The number of carbonyl (C=O) groups is 1. The Morgan fingerprint density at radius 1 is 1.04 bits per heavy atom. The van der Waals surface area contributed by atoms with Crippen LogP contribution < -0.4 is 0 Å². The van der Waals surface area contributed by atoms with Crippen LogP contribution in [-0.4, -0.2) is 70.5 Å². The van der Waals surface area contributed by atoms with E-state index in [1.54, 1.807) is 12.1 Å². The number of pyridine rings is 1. The minimum Gasteiger partial charge on any atom is -0.379 e. The van der Waals surface area contributed by atoms with E-state index in [-0.39, 0.29) is 11.7 Å². The van der Waals surface area contributed by atoms with Crippen molar-refractivity contribution in [2.75, 3.05) is 39.4 Å². The number of benzene rings is 1. The second-order valence-corrected chi connectivity index (χ2v) is 7.33. The van der Waals surface area contributed by atoms with Gasteiger partial charge in [-0.25, -0.2) is 9.37 Å². The number of imidazole rings is 1. The molecule has 6 nitrogen and oxygen atoms in total. The number of aromatic nitrogens is 2. The van der Waals surface area contributed by atoms with Crippen LogP contribution in [0.25, 0.3) is 16.9 Å². The molecule has 7 heteroatoms. The normalized spacial score (nSPS) is 18.4. The van der Waals surface area contributed by atoms with E-state index in [0.717, 1.165) is 56.3 Å². The van der Waals surface area contributed by atoms with Crippen LogP contribution in [0.3, 0.4) is 0 Å². The van der Waals surface area contributed by atoms with Gasteiger partial charge in [0.15, 0.2) is 0 Å². The van der Waals surface area contributed by atoms with Crippen LogP contribution in [0.15, 0.2) is 48.8 Å². The SMILES string of the molecule is O=C(c1ccc2nc(-c3ccc(F)cc3)cn2c1)N1CC(N2CCOCC2)C1. The second kappa shape index (κ2) is 7.00. The third kappa shape index (κ3) is 3.16. The van der Waals surface area contributed by atoms with Gasteiger partial charge >= 0.3 is 0 Å². The summed E-state index contributed by atoms with van der Waals surface area (Å²) >= 11 is 0. The topological polar surface area (TPSA) is 50.1 Å². The Labute approximate surface area is 162 Å². The maximum absolute atomic E-state index is 13.1. The van der Waals surface area contributed by atoms with E-state index in [9.17, 15) is 9.18 Å². The number of hydrogen-bond donors (Lipinski definition) is 0. The number of morpholine rings is 1. The van der Waals surface area contributed by atoms with E-state index in [1.165, 1.54) is 12.1 Å². The lowest BCUT2D eigenvalue weighted by atomic mass is 10.0. The van der Waals surface area contributed by atoms with Crippen LogP contribution in [0.4, 0.5) is 4.39 Å². The fourth-order valence-electron chi connectivity index (χ4n) is 3.86. The fourth-order valence-corrected chi connectivity index (χ4v) is 3.86. The van der Waals surface area contributed by atoms with Crippen molar-refractivity contribution in [3.8, 4) is 11.3 Å². The van der Waals surface area contributed by atoms with Crippen molar-refractivity contribution >= 4 is 11.6 Å². The summed E-state index contributed by atoms with van der Waals surface area (Å²) in [6.07, 6.45) is 3.69. The number of rotatable bonds is 3. The summed E-state index contributed by atoms with van der Waals surface area (Å²) < 4.78 is 20.4. The van der Waals surface area contributed by atoms with E-state index >= 15 is 0 Å². The van der Waals surface area contributed by atoms with Crippen molar-refractivity contribution in [1.82, 2.24) is 19.2 Å². The number of ether oxygens (including phenoxy) is 1. The zero-order valence-corrected chi connectivity index (χ0v) is 15.4. The number of carbonyl (C=O) groups excluding carboxylic acids is 1. The minimum absolute atomic E-state index is 0.0449. The Morgan fingerprint density at radius 2 is 1.79 bits per heavy atom. The van der Waals surface area contributed by atoms with Crippen LogP contribution in [0.5, 0.6) is 0 Å². The number of halogens is 1. The molecule has 0 radical (unpaired) electrons. The van der Waals surface area contributed by atoms with Crippen LogP contribution in [0.1, 0.15) is 10.4 Å². The Hall–Kier alpha value is -2.77. The number of amides is 1. The summed E-state index contributed by atoms with van der Waals surface area (Å²) in [6, 6.07) is 10.4. The number of nitrogens with zero attached hydrogens (tertiary/aromatic N) is 4. The highest BCUT2D eigenvalue weighted by atomic mass is 19.1. The van der Waals surface area contributed by atoms with Crippen molar-refractivity contribution in [3.63, 3.8) is 0 Å². The van der Waals surface area contributed by atoms with Crippen molar-refractivity contribution < 1.29 is 13.9 Å². The molecule has 0 N–H and O–H groups in total. The van der Waals surface area contributed by atoms with Crippen molar-refractivity contribution in [3.05, 3.63) is 60.2 Å². The molecule has 2 aromatic heterocycles. The first kappa shape index (κ1) is 17.3. The summed E-state index contributed by atoms with van der Waals surface area (Å²) in [5.41, 5.74) is 3.00. The summed E-state index contributed by atoms with van der Waals surface area (Å²) in [5, 5.41) is 0. The second-order valence-electron chi connectivity index (χ2n) is 7.33. The Balaban J connectivity index is 1.31. The number of fused-ring (bicyclic) bond motifs is 1. The van der Waals surface area contributed by atoms with Crippen LogP contribution in [0.2, 0.25) is 0 Å². The Bertz CT molecular complexity index is 1000.